The minimum absolute atomic E-state index is 0.00113. The summed E-state index contributed by atoms with van der Waals surface area (Å²) in [6.07, 6.45) is 1.72. The van der Waals surface area contributed by atoms with Gasteiger partial charge in [-0.25, -0.2) is 8.42 Å². The van der Waals surface area contributed by atoms with Crippen molar-refractivity contribution in [2.24, 2.45) is 0 Å². The molecule has 0 heterocycles. The van der Waals surface area contributed by atoms with Crippen LogP contribution in [-0.4, -0.2) is 20.4 Å². The summed E-state index contributed by atoms with van der Waals surface area (Å²) in [6.45, 7) is 3.24. The first-order valence-electron chi connectivity index (χ1n) is 7.87. The third-order valence-electron chi connectivity index (χ3n) is 3.95. The molecule has 3 rings (SSSR count). The number of sulfonamides is 1. The molecule has 0 radical (unpaired) electrons. The molecule has 2 aromatic rings. The molecule has 0 unspecified atom stereocenters. The molecule has 1 saturated carbocycles. The number of carbonyl (C=O) groups is 1. The van der Waals surface area contributed by atoms with Gasteiger partial charge < -0.3 is 5.32 Å². The van der Waals surface area contributed by atoms with Crippen molar-refractivity contribution in [3.05, 3.63) is 54.1 Å². The summed E-state index contributed by atoms with van der Waals surface area (Å²) in [5, 5.41) is 2.69. The summed E-state index contributed by atoms with van der Waals surface area (Å²) in [6, 6.07) is 13.9. The zero-order chi connectivity index (χ0) is 17.3. The predicted molar refractivity (Wildman–Crippen MR) is 94.6 cm³/mol. The van der Waals surface area contributed by atoms with E-state index in [-0.39, 0.29) is 11.9 Å². The molecular weight excluding hydrogens is 324 g/mol. The third kappa shape index (κ3) is 3.28. The van der Waals surface area contributed by atoms with Crippen LogP contribution in [0.2, 0.25) is 0 Å². The average molecular weight is 344 g/mol. The van der Waals surface area contributed by atoms with Crippen molar-refractivity contribution < 1.29 is 13.2 Å². The van der Waals surface area contributed by atoms with Gasteiger partial charge in [0.1, 0.15) is 0 Å². The van der Waals surface area contributed by atoms with Crippen molar-refractivity contribution in [3.8, 4) is 0 Å². The van der Waals surface area contributed by atoms with Gasteiger partial charge >= 0.3 is 0 Å². The fourth-order valence-electron chi connectivity index (χ4n) is 2.70. The summed E-state index contributed by atoms with van der Waals surface area (Å²) in [7, 11) is -3.61. The van der Waals surface area contributed by atoms with Crippen LogP contribution in [0.5, 0.6) is 0 Å². The van der Waals surface area contributed by atoms with Crippen LogP contribution in [0, 0.1) is 6.92 Å². The lowest BCUT2D eigenvalue weighted by atomic mass is 10.2. The molecule has 1 aliphatic rings. The first kappa shape index (κ1) is 16.5. The van der Waals surface area contributed by atoms with Crippen LogP contribution in [-0.2, 0) is 14.8 Å². The van der Waals surface area contributed by atoms with Gasteiger partial charge in [-0.05, 0) is 55.7 Å². The molecule has 1 amide bonds. The lowest BCUT2D eigenvalue weighted by molar-refractivity contribution is -0.114. The Balaban J connectivity index is 1.99. The number of hydrogen-bond donors (Lipinski definition) is 1. The number of rotatable bonds is 5. The third-order valence-corrected chi connectivity index (χ3v) is 5.99. The van der Waals surface area contributed by atoms with Gasteiger partial charge in [0.05, 0.1) is 10.6 Å². The molecule has 1 aliphatic carbocycles. The molecule has 0 aromatic heterocycles. The summed E-state index contributed by atoms with van der Waals surface area (Å²) in [5.74, 6) is -0.158. The predicted octanol–water partition coefficient (Wildman–Crippen LogP) is 3.31. The number of anilines is 2. The molecular formula is C18H20N2O3S. The monoisotopic (exact) mass is 344 g/mol. The Morgan fingerprint density at radius 1 is 1.08 bits per heavy atom. The van der Waals surface area contributed by atoms with Gasteiger partial charge in [-0.3, -0.25) is 9.10 Å². The van der Waals surface area contributed by atoms with Gasteiger partial charge in [0.2, 0.25) is 5.91 Å². The smallest absolute Gasteiger partial charge is 0.264 e. The molecule has 5 nitrogen and oxygen atoms in total. The van der Waals surface area contributed by atoms with Crippen LogP contribution < -0.4 is 9.62 Å². The molecule has 1 fully saturated rings. The number of hydrogen-bond acceptors (Lipinski definition) is 3. The highest BCUT2D eigenvalue weighted by Crippen LogP contribution is 2.37. The summed E-state index contributed by atoms with van der Waals surface area (Å²) >= 11 is 0. The fraction of sp³-hybridized carbons (Fsp3) is 0.278. The Hall–Kier alpha value is -2.34. The molecule has 6 heteroatoms. The molecule has 24 heavy (non-hydrogen) atoms. The molecule has 0 saturated heterocycles. The van der Waals surface area contributed by atoms with E-state index < -0.39 is 10.0 Å². The normalized spacial score (nSPS) is 14.2. The van der Waals surface area contributed by atoms with E-state index in [1.165, 1.54) is 11.2 Å². The highest BCUT2D eigenvalue weighted by molar-refractivity contribution is 7.93. The lowest BCUT2D eigenvalue weighted by Gasteiger charge is -2.25. The maximum Gasteiger partial charge on any atom is 0.264 e. The second-order valence-corrected chi connectivity index (χ2v) is 7.81. The van der Waals surface area contributed by atoms with Gasteiger partial charge in [-0.15, -0.1) is 0 Å². The Bertz CT molecular complexity index is 856. The summed E-state index contributed by atoms with van der Waals surface area (Å²) < 4.78 is 27.8. The SMILES string of the molecule is CC(=O)Nc1ccc(N(C2CC2)S(=O)(=O)c2ccccc2C)cc1. The number of benzene rings is 2. The maximum atomic E-state index is 13.2. The Labute approximate surface area is 142 Å². The quantitative estimate of drug-likeness (QED) is 0.905. The van der Waals surface area contributed by atoms with Crippen LogP contribution >= 0.6 is 0 Å². The molecule has 0 bridgehead atoms. The van der Waals surface area contributed by atoms with Crippen LogP contribution in [0.4, 0.5) is 11.4 Å². The first-order valence-corrected chi connectivity index (χ1v) is 9.31. The number of nitrogens with zero attached hydrogens (tertiary/aromatic N) is 1. The number of amides is 1. The van der Waals surface area contributed by atoms with Crippen molar-refractivity contribution in [2.45, 2.75) is 37.6 Å². The Morgan fingerprint density at radius 2 is 1.71 bits per heavy atom. The number of nitrogens with one attached hydrogen (secondary N) is 1. The van der Waals surface area contributed by atoms with Crippen molar-refractivity contribution >= 4 is 27.3 Å². The van der Waals surface area contributed by atoms with Crippen LogP contribution in [0.15, 0.2) is 53.4 Å². The molecule has 126 valence electrons. The van der Waals surface area contributed by atoms with E-state index in [0.717, 1.165) is 18.4 Å². The van der Waals surface area contributed by atoms with E-state index in [2.05, 4.69) is 5.32 Å². The maximum absolute atomic E-state index is 13.2. The van der Waals surface area contributed by atoms with Crippen molar-refractivity contribution in [1.82, 2.24) is 0 Å². The second-order valence-electron chi connectivity index (χ2n) is 6.03. The minimum atomic E-state index is -3.61. The van der Waals surface area contributed by atoms with Crippen molar-refractivity contribution in [1.29, 1.82) is 0 Å². The minimum Gasteiger partial charge on any atom is -0.326 e. The highest BCUT2D eigenvalue weighted by Gasteiger charge is 2.38. The van der Waals surface area contributed by atoms with E-state index in [4.69, 9.17) is 0 Å². The largest absolute Gasteiger partial charge is 0.326 e. The molecule has 0 atom stereocenters. The van der Waals surface area contributed by atoms with Crippen LogP contribution in [0.3, 0.4) is 0 Å². The second kappa shape index (κ2) is 6.28. The van der Waals surface area contributed by atoms with Crippen molar-refractivity contribution in [2.75, 3.05) is 9.62 Å². The average Bonchev–Trinajstić information content (AvgIpc) is 3.33. The Kier molecular flexibility index (Phi) is 4.32. The van der Waals surface area contributed by atoms with Crippen LogP contribution in [0.1, 0.15) is 25.3 Å². The van der Waals surface area contributed by atoms with E-state index in [0.29, 0.717) is 16.3 Å². The number of aryl methyl sites for hydroxylation is 1. The first-order chi connectivity index (χ1) is 11.4. The van der Waals surface area contributed by atoms with Crippen LogP contribution in [0.25, 0.3) is 0 Å². The highest BCUT2D eigenvalue weighted by atomic mass is 32.2. The summed E-state index contributed by atoms with van der Waals surface area (Å²) in [5.41, 5.74) is 2.00. The van der Waals surface area contributed by atoms with Crippen molar-refractivity contribution in [3.63, 3.8) is 0 Å². The van der Waals surface area contributed by atoms with Gasteiger partial charge in [0, 0.05) is 18.7 Å². The molecule has 1 N–H and O–H groups in total. The zero-order valence-electron chi connectivity index (χ0n) is 13.7. The lowest BCUT2D eigenvalue weighted by Crippen LogP contribution is -2.33. The molecule has 0 spiro atoms. The van der Waals surface area contributed by atoms with E-state index >= 15 is 0 Å². The van der Waals surface area contributed by atoms with E-state index in [9.17, 15) is 13.2 Å². The fourth-order valence-corrected chi connectivity index (χ4v) is 4.64. The zero-order valence-corrected chi connectivity index (χ0v) is 14.5. The Morgan fingerprint density at radius 3 is 2.25 bits per heavy atom. The molecule has 0 aliphatic heterocycles. The van der Waals surface area contributed by atoms with Gasteiger partial charge in [0.25, 0.3) is 10.0 Å². The standard InChI is InChI=1S/C18H20N2O3S/c1-13-5-3-4-6-18(13)24(22,23)20(17-11-12-17)16-9-7-15(8-10-16)19-14(2)21/h3-10,17H,11-12H2,1-2H3,(H,19,21). The van der Waals surface area contributed by atoms with Gasteiger partial charge in [0.15, 0.2) is 0 Å². The van der Waals surface area contributed by atoms with Gasteiger partial charge in [-0.2, -0.15) is 0 Å². The van der Waals surface area contributed by atoms with E-state index in [1.54, 1.807) is 49.4 Å². The topological polar surface area (TPSA) is 66.5 Å². The van der Waals surface area contributed by atoms with Gasteiger partial charge in [-0.1, -0.05) is 18.2 Å². The van der Waals surface area contributed by atoms with E-state index in [1.807, 2.05) is 6.07 Å². The number of carbonyl (C=O) groups excluding carboxylic acids is 1. The summed E-state index contributed by atoms with van der Waals surface area (Å²) in [4.78, 5) is 11.5. The molecule has 2 aromatic carbocycles.